The maximum atomic E-state index is 12.9. The van der Waals surface area contributed by atoms with E-state index in [1.807, 2.05) is 26.0 Å². The van der Waals surface area contributed by atoms with E-state index in [9.17, 15) is 4.79 Å². The van der Waals surface area contributed by atoms with Gasteiger partial charge in [-0.1, -0.05) is 20.3 Å². The van der Waals surface area contributed by atoms with Crippen LogP contribution in [0.15, 0.2) is 12.1 Å². The van der Waals surface area contributed by atoms with Crippen LogP contribution in [0.1, 0.15) is 61.0 Å². The molecule has 0 radical (unpaired) electrons. The fourth-order valence-corrected chi connectivity index (χ4v) is 3.47. The van der Waals surface area contributed by atoms with Crippen molar-refractivity contribution in [3.63, 3.8) is 0 Å². The maximum Gasteiger partial charge on any atom is 0.167 e. The van der Waals surface area contributed by atoms with Gasteiger partial charge in [0.1, 0.15) is 5.75 Å². The first kappa shape index (κ1) is 18.0. The molecule has 1 aromatic carbocycles. The molecule has 1 heterocycles. The van der Waals surface area contributed by atoms with E-state index in [1.165, 1.54) is 19.3 Å². The normalized spacial score (nSPS) is 17.0. The third-order valence-corrected chi connectivity index (χ3v) is 4.65. The number of hydrogen-bond acceptors (Lipinski definition) is 3. The van der Waals surface area contributed by atoms with Crippen molar-refractivity contribution < 1.29 is 9.53 Å². The molecule has 0 spiro atoms. The SMILES string of the molecule is CCCOc1cc(C)c(C(=O)C(C)CN2CCCCC2)c(C)c1. The van der Waals surface area contributed by atoms with E-state index < -0.39 is 0 Å². The van der Waals surface area contributed by atoms with Crippen molar-refractivity contribution in [3.8, 4) is 5.75 Å². The molecule has 1 aromatic rings. The largest absolute Gasteiger partial charge is 0.494 e. The van der Waals surface area contributed by atoms with Crippen molar-refractivity contribution >= 4 is 5.78 Å². The molecule has 2 rings (SSSR count). The monoisotopic (exact) mass is 317 g/mol. The molecule has 1 aliphatic heterocycles. The number of hydrogen-bond donors (Lipinski definition) is 0. The number of benzene rings is 1. The summed E-state index contributed by atoms with van der Waals surface area (Å²) in [6.45, 7) is 12.1. The number of piperidine rings is 1. The molecule has 0 bridgehead atoms. The summed E-state index contributed by atoms with van der Waals surface area (Å²) in [5.74, 6) is 1.20. The zero-order valence-electron chi connectivity index (χ0n) is 15.2. The summed E-state index contributed by atoms with van der Waals surface area (Å²) in [5.41, 5.74) is 2.96. The third-order valence-electron chi connectivity index (χ3n) is 4.65. The Bertz CT molecular complexity index is 509. The summed E-state index contributed by atoms with van der Waals surface area (Å²) in [5, 5.41) is 0. The number of Topliss-reactive ketones (excluding diaryl/α,β-unsaturated/α-hetero) is 1. The summed E-state index contributed by atoms with van der Waals surface area (Å²) in [6.07, 6.45) is 4.85. The number of ketones is 1. The maximum absolute atomic E-state index is 12.9. The van der Waals surface area contributed by atoms with E-state index in [4.69, 9.17) is 4.74 Å². The highest BCUT2D eigenvalue weighted by Gasteiger charge is 2.23. The van der Waals surface area contributed by atoms with E-state index in [2.05, 4.69) is 18.7 Å². The van der Waals surface area contributed by atoms with Crippen LogP contribution in [0.25, 0.3) is 0 Å². The van der Waals surface area contributed by atoms with Gasteiger partial charge >= 0.3 is 0 Å². The highest BCUT2D eigenvalue weighted by atomic mass is 16.5. The Morgan fingerprint density at radius 2 is 1.78 bits per heavy atom. The molecule has 0 aromatic heterocycles. The topological polar surface area (TPSA) is 29.5 Å². The van der Waals surface area contributed by atoms with Gasteiger partial charge in [-0.2, -0.15) is 0 Å². The van der Waals surface area contributed by atoms with Crippen LogP contribution in [0.5, 0.6) is 5.75 Å². The number of likely N-dealkylation sites (tertiary alicyclic amines) is 1. The van der Waals surface area contributed by atoms with Gasteiger partial charge in [-0.15, -0.1) is 0 Å². The molecule has 0 N–H and O–H groups in total. The van der Waals surface area contributed by atoms with Gasteiger partial charge in [0.05, 0.1) is 6.61 Å². The highest BCUT2D eigenvalue weighted by Crippen LogP contribution is 2.25. The zero-order valence-corrected chi connectivity index (χ0v) is 15.2. The summed E-state index contributed by atoms with van der Waals surface area (Å²) >= 11 is 0. The Morgan fingerprint density at radius 1 is 1.17 bits per heavy atom. The van der Waals surface area contributed by atoms with Crippen molar-refractivity contribution in [1.29, 1.82) is 0 Å². The predicted octanol–water partition coefficient (Wildman–Crippen LogP) is 4.40. The molecule has 3 heteroatoms. The summed E-state index contributed by atoms with van der Waals surface area (Å²) in [4.78, 5) is 15.4. The number of aryl methyl sites for hydroxylation is 2. The number of ether oxygens (including phenoxy) is 1. The van der Waals surface area contributed by atoms with Crippen LogP contribution in [0.4, 0.5) is 0 Å². The first-order chi connectivity index (χ1) is 11.0. The van der Waals surface area contributed by atoms with Crippen LogP contribution >= 0.6 is 0 Å². The van der Waals surface area contributed by atoms with E-state index >= 15 is 0 Å². The van der Waals surface area contributed by atoms with Gasteiger partial charge in [0.15, 0.2) is 5.78 Å². The fraction of sp³-hybridized carbons (Fsp3) is 0.650. The Kier molecular flexibility index (Phi) is 6.64. The van der Waals surface area contributed by atoms with Crippen LogP contribution in [0.3, 0.4) is 0 Å². The van der Waals surface area contributed by atoms with Gasteiger partial charge in [0.2, 0.25) is 0 Å². The summed E-state index contributed by atoms with van der Waals surface area (Å²) < 4.78 is 5.71. The van der Waals surface area contributed by atoms with Gasteiger partial charge in [-0.3, -0.25) is 4.79 Å². The first-order valence-corrected chi connectivity index (χ1v) is 9.03. The molecule has 0 amide bonds. The van der Waals surface area contributed by atoms with Crippen molar-refractivity contribution in [2.45, 2.75) is 53.4 Å². The van der Waals surface area contributed by atoms with Crippen molar-refractivity contribution in [2.75, 3.05) is 26.2 Å². The molecule has 1 saturated heterocycles. The molecule has 1 unspecified atom stereocenters. The van der Waals surface area contributed by atoms with Gasteiger partial charge in [-0.25, -0.2) is 0 Å². The lowest BCUT2D eigenvalue weighted by molar-refractivity contribution is 0.0882. The molecule has 0 saturated carbocycles. The lowest BCUT2D eigenvalue weighted by atomic mass is 9.91. The minimum absolute atomic E-state index is 0.0490. The van der Waals surface area contributed by atoms with Crippen molar-refractivity contribution in [1.82, 2.24) is 4.90 Å². The number of nitrogens with zero attached hydrogens (tertiary/aromatic N) is 1. The Hall–Kier alpha value is -1.35. The van der Waals surface area contributed by atoms with Gasteiger partial charge in [0.25, 0.3) is 0 Å². The fourth-order valence-electron chi connectivity index (χ4n) is 3.47. The lowest BCUT2D eigenvalue weighted by Gasteiger charge is -2.29. The minimum atomic E-state index is 0.0490. The van der Waals surface area contributed by atoms with E-state index in [0.717, 1.165) is 55.1 Å². The number of rotatable bonds is 7. The average molecular weight is 317 g/mol. The molecule has 1 atom stereocenters. The number of carbonyl (C=O) groups excluding carboxylic acids is 1. The van der Waals surface area contributed by atoms with Crippen LogP contribution in [0.2, 0.25) is 0 Å². The Morgan fingerprint density at radius 3 is 2.35 bits per heavy atom. The second kappa shape index (κ2) is 8.49. The summed E-state index contributed by atoms with van der Waals surface area (Å²) in [6, 6.07) is 4.01. The smallest absolute Gasteiger partial charge is 0.167 e. The van der Waals surface area contributed by atoms with Gasteiger partial charge < -0.3 is 9.64 Å². The van der Waals surface area contributed by atoms with Crippen molar-refractivity contribution in [3.05, 3.63) is 28.8 Å². The van der Waals surface area contributed by atoms with Crippen LogP contribution in [-0.2, 0) is 0 Å². The summed E-state index contributed by atoms with van der Waals surface area (Å²) in [7, 11) is 0. The zero-order chi connectivity index (χ0) is 16.8. The quantitative estimate of drug-likeness (QED) is 0.698. The minimum Gasteiger partial charge on any atom is -0.494 e. The standard InChI is InChI=1S/C20H31NO2/c1-5-11-23-18-12-15(2)19(16(3)13-18)20(22)17(4)14-21-9-7-6-8-10-21/h12-13,17H,5-11,14H2,1-4H3. The third kappa shape index (κ3) is 4.81. The molecular formula is C20H31NO2. The average Bonchev–Trinajstić information content (AvgIpc) is 2.53. The molecule has 23 heavy (non-hydrogen) atoms. The number of carbonyl (C=O) groups is 1. The molecular weight excluding hydrogens is 286 g/mol. The Labute approximate surface area is 141 Å². The van der Waals surface area contributed by atoms with Gasteiger partial charge in [0, 0.05) is 18.0 Å². The molecule has 3 nitrogen and oxygen atoms in total. The van der Waals surface area contributed by atoms with E-state index in [0.29, 0.717) is 0 Å². The predicted molar refractivity (Wildman–Crippen MR) is 95.5 cm³/mol. The van der Waals surface area contributed by atoms with Crippen LogP contribution in [0, 0.1) is 19.8 Å². The van der Waals surface area contributed by atoms with Crippen LogP contribution in [-0.4, -0.2) is 36.9 Å². The lowest BCUT2D eigenvalue weighted by Crippen LogP contribution is -2.36. The highest BCUT2D eigenvalue weighted by molar-refractivity contribution is 6.00. The van der Waals surface area contributed by atoms with E-state index in [-0.39, 0.29) is 11.7 Å². The first-order valence-electron chi connectivity index (χ1n) is 9.03. The van der Waals surface area contributed by atoms with E-state index in [1.54, 1.807) is 0 Å². The second-order valence-corrected chi connectivity index (χ2v) is 6.91. The molecule has 1 fully saturated rings. The van der Waals surface area contributed by atoms with Gasteiger partial charge in [-0.05, 0) is 69.5 Å². The second-order valence-electron chi connectivity index (χ2n) is 6.91. The molecule has 0 aliphatic carbocycles. The molecule has 1 aliphatic rings. The van der Waals surface area contributed by atoms with Crippen LogP contribution < -0.4 is 4.74 Å². The Balaban J connectivity index is 2.08. The molecule has 128 valence electrons. The van der Waals surface area contributed by atoms with Crippen molar-refractivity contribution in [2.24, 2.45) is 5.92 Å².